The molecule has 0 aromatic carbocycles. The summed E-state index contributed by atoms with van der Waals surface area (Å²) in [5.41, 5.74) is 1.06. The molecule has 4 nitrogen and oxygen atoms in total. The molecule has 2 rings (SSSR count). The number of rotatable bonds is 5. The summed E-state index contributed by atoms with van der Waals surface area (Å²) < 4.78 is 0.976. The molecule has 2 aromatic rings. The molecule has 0 atom stereocenters. The first-order valence-electron chi connectivity index (χ1n) is 6.48. The molecular weight excluding hydrogens is 336 g/mol. The molecule has 0 bridgehead atoms. The van der Waals surface area contributed by atoms with Gasteiger partial charge in [-0.05, 0) is 53.2 Å². The summed E-state index contributed by atoms with van der Waals surface area (Å²) in [4.78, 5) is 13.6. The Labute approximate surface area is 132 Å². The first-order chi connectivity index (χ1) is 9.63. The Kier molecular flexibility index (Phi) is 5.37. The fourth-order valence-corrected chi connectivity index (χ4v) is 2.82. The van der Waals surface area contributed by atoms with Gasteiger partial charge in [0.1, 0.15) is 21.7 Å². The van der Waals surface area contributed by atoms with Crippen LogP contribution in [0, 0.1) is 6.92 Å². The van der Waals surface area contributed by atoms with Gasteiger partial charge < -0.3 is 5.32 Å². The largest absolute Gasteiger partial charge is 0.373 e. The summed E-state index contributed by atoms with van der Waals surface area (Å²) >= 11 is 4.96. The van der Waals surface area contributed by atoms with Crippen LogP contribution in [0.15, 0.2) is 32.9 Å². The van der Waals surface area contributed by atoms with E-state index in [-0.39, 0.29) is 0 Å². The van der Waals surface area contributed by atoms with Crippen LogP contribution in [0.1, 0.15) is 24.7 Å². The Hall–Kier alpha value is -1.14. The number of nitrogens with zero attached hydrogens (tertiary/aromatic N) is 3. The van der Waals surface area contributed by atoms with Crippen molar-refractivity contribution in [3.05, 3.63) is 34.2 Å². The highest BCUT2D eigenvalue weighted by atomic mass is 79.9. The van der Waals surface area contributed by atoms with Gasteiger partial charge in [0.25, 0.3) is 0 Å². The Balaban J connectivity index is 2.33. The molecule has 6 heteroatoms. The predicted molar refractivity (Wildman–Crippen MR) is 86.4 cm³/mol. The minimum Gasteiger partial charge on any atom is -0.373 e. The van der Waals surface area contributed by atoms with Crippen LogP contribution >= 0.6 is 27.7 Å². The van der Waals surface area contributed by atoms with Crippen LogP contribution in [-0.2, 0) is 6.42 Å². The second-order valence-corrected chi connectivity index (χ2v) is 6.26. The van der Waals surface area contributed by atoms with E-state index in [1.54, 1.807) is 18.0 Å². The number of aromatic nitrogens is 3. The first kappa shape index (κ1) is 15.3. The molecule has 1 N–H and O–H groups in total. The normalized spacial score (nSPS) is 10.6. The smallest absolute Gasteiger partial charge is 0.133 e. The quantitative estimate of drug-likeness (QED) is 0.821. The maximum atomic E-state index is 4.65. The average molecular weight is 353 g/mol. The van der Waals surface area contributed by atoms with Crippen molar-refractivity contribution in [1.29, 1.82) is 0 Å². The van der Waals surface area contributed by atoms with Gasteiger partial charge in [0.15, 0.2) is 0 Å². The van der Waals surface area contributed by atoms with Gasteiger partial charge in [0.2, 0.25) is 0 Å². The molecule has 0 unspecified atom stereocenters. The molecule has 2 aromatic heterocycles. The molecule has 0 aliphatic heterocycles. The summed E-state index contributed by atoms with van der Waals surface area (Å²) in [6.07, 6.45) is 3.72. The standard InChI is InChI=1S/C14H17BrN4S/c1-4-5-11-18-13(16-3)9(2)14(19-11)20-12-7-6-10(15)8-17-12/h6-8H,4-5H2,1-3H3,(H,16,18,19). The molecule has 0 saturated carbocycles. The minimum atomic E-state index is 0.877. The van der Waals surface area contributed by atoms with Crippen molar-refractivity contribution in [1.82, 2.24) is 15.0 Å². The SMILES string of the molecule is CCCc1nc(NC)c(C)c(Sc2ccc(Br)cn2)n1. The first-order valence-corrected chi connectivity index (χ1v) is 8.09. The Morgan fingerprint density at radius 2 is 2.10 bits per heavy atom. The van der Waals surface area contributed by atoms with Gasteiger partial charge in [-0.2, -0.15) is 0 Å². The Bertz CT molecular complexity index is 586. The molecule has 106 valence electrons. The molecule has 0 aliphatic rings. The number of anilines is 1. The highest BCUT2D eigenvalue weighted by molar-refractivity contribution is 9.10. The maximum absolute atomic E-state index is 4.65. The molecule has 0 saturated heterocycles. The number of aryl methyl sites for hydroxylation is 1. The molecule has 0 radical (unpaired) electrons. The third-order valence-corrected chi connectivity index (χ3v) is 4.27. The lowest BCUT2D eigenvalue weighted by Crippen LogP contribution is -2.04. The van der Waals surface area contributed by atoms with Crippen LogP contribution < -0.4 is 5.32 Å². The molecular formula is C14H17BrN4S. The molecule has 0 aliphatic carbocycles. The number of nitrogens with one attached hydrogen (secondary N) is 1. The van der Waals surface area contributed by atoms with Gasteiger partial charge in [-0.25, -0.2) is 15.0 Å². The number of halogens is 1. The van der Waals surface area contributed by atoms with Gasteiger partial charge in [-0.3, -0.25) is 0 Å². The van der Waals surface area contributed by atoms with Crippen LogP contribution in [0.2, 0.25) is 0 Å². The topological polar surface area (TPSA) is 50.7 Å². The van der Waals surface area contributed by atoms with E-state index < -0.39 is 0 Å². The van der Waals surface area contributed by atoms with Gasteiger partial charge in [0, 0.05) is 29.7 Å². The maximum Gasteiger partial charge on any atom is 0.133 e. The van der Waals surface area contributed by atoms with E-state index in [9.17, 15) is 0 Å². The zero-order valence-electron chi connectivity index (χ0n) is 11.8. The van der Waals surface area contributed by atoms with E-state index in [0.717, 1.165) is 44.6 Å². The molecule has 0 spiro atoms. The van der Waals surface area contributed by atoms with Gasteiger partial charge in [-0.1, -0.05) is 6.92 Å². The van der Waals surface area contributed by atoms with Crippen LogP contribution in [0.3, 0.4) is 0 Å². The number of hydrogen-bond acceptors (Lipinski definition) is 5. The monoisotopic (exact) mass is 352 g/mol. The number of pyridine rings is 1. The highest BCUT2D eigenvalue weighted by Crippen LogP contribution is 2.30. The van der Waals surface area contributed by atoms with E-state index in [4.69, 9.17) is 0 Å². The van der Waals surface area contributed by atoms with E-state index in [1.807, 2.05) is 26.1 Å². The van der Waals surface area contributed by atoms with Crippen molar-refractivity contribution in [2.45, 2.75) is 36.7 Å². The van der Waals surface area contributed by atoms with E-state index in [1.165, 1.54) is 0 Å². The van der Waals surface area contributed by atoms with E-state index in [0.29, 0.717) is 0 Å². The lowest BCUT2D eigenvalue weighted by atomic mass is 10.3. The van der Waals surface area contributed by atoms with Gasteiger partial charge in [0.05, 0.1) is 0 Å². The van der Waals surface area contributed by atoms with E-state index in [2.05, 4.69) is 43.1 Å². The minimum absolute atomic E-state index is 0.877. The molecule has 0 amide bonds. The van der Waals surface area contributed by atoms with Crippen LogP contribution in [0.25, 0.3) is 0 Å². The lowest BCUT2D eigenvalue weighted by Gasteiger charge is -2.11. The summed E-state index contributed by atoms with van der Waals surface area (Å²) in [7, 11) is 1.89. The van der Waals surface area contributed by atoms with Crippen molar-refractivity contribution in [3.63, 3.8) is 0 Å². The fourth-order valence-electron chi connectivity index (χ4n) is 1.74. The number of hydrogen-bond donors (Lipinski definition) is 1. The van der Waals surface area contributed by atoms with Gasteiger partial charge >= 0.3 is 0 Å². The van der Waals surface area contributed by atoms with Gasteiger partial charge in [-0.15, -0.1) is 0 Å². The van der Waals surface area contributed by atoms with Crippen LogP contribution in [0.5, 0.6) is 0 Å². The lowest BCUT2D eigenvalue weighted by molar-refractivity contribution is 0.803. The van der Waals surface area contributed by atoms with Crippen molar-refractivity contribution in [2.24, 2.45) is 0 Å². The van der Waals surface area contributed by atoms with E-state index >= 15 is 0 Å². The summed E-state index contributed by atoms with van der Waals surface area (Å²) in [5, 5.41) is 5.03. The third-order valence-electron chi connectivity index (χ3n) is 2.76. The molecule has 20 heavy (non-hydrogen) atoms. The van der Waals surface area contributed by atoms with Crippen LogP contribution in [-0.4, -0.2) is 22.0 Å². The Morgan fingerprint density at radius 1 is 1.30 bits per heavy atom. The highest BCUT2D eigenvalue weighted by Gasteiger charge is 2.11. The summed E-state index contributed by atoms with van der Waals surface area (Å²) in [5.74, 6) is 1.77. The zero-order chi connectivity index (χ0) is 14.5. The van der Waals surface area contributed by atoms with Crippen molar-refractivity contribution < 1.29 is 0 Å². The molecule has 0 fully saturated rings. The molecule has 2 heterocycles. The fraction of sp³-hybridized carbons (Fsp3) is 0.357. The van der Waals surface area contributed by atoms with Crippen molar-refractivity contribution in [3.8, 4) is 0 Å². The van der Waals surface area contributed by atoms with Crippen molar-refractivity contribution in [2.75, 3.05) is 12.4 Å². The zero-order valence-corrected chi connectivity index (χ0v) is 14.2. The third kappa shape index (κ3) is 3.70. The summed E-state index contributed by atoms with van der Waals surface area (Å²) in [6, 6.07) is 3.96. The van der Waals surface area contributed by atoms with Crippen LogP contribution in [0.4, 0.5) is 5.82 Å². The summed E-state index contributed by atoms with van der Waals surface area (Å²) in [6.45, 7) is 4.16. The average Bonchev–Trinajstić information content (AvgIpc) is 2.45. The predicted octanol–water partition coefficient (Wildman–Crippen LogP) is 4.09. The Morgan fingerprint density at radius 3 is 2.70 bits per heavy atom. The second-order valence-electron chi connectivity index (χ2n) is 4.34. The van der Waals surface area contributed by atoms with Crippen molar-refractivity contribution >= 4 is 33.5 Å². The second kappa shape index (κ2) is 7.04.